The van der Waals surface area contributed by atoms with Crippen LogP contribution in [0.4, 0.5) is 4.39 Å². The summed E-state index contributed by atoms with van der Waals surface area (Å²) in [6.07, 6.45) is 4.26. The Morgan fingerprint density at radius 2 is 2.07 bits per heavy atom. The van der Waals surface area contributed by atoms with Gasteiger partial charge in [0.05, 0.1) is 30.8 Å². The molecule has 1 aromatic carbocycles. The van der Waals surface area contributed by atoms with E-state index in [2.05, 4.69) is 0 Å². The van der Waals surface area contributed by atoms with Crippen molar-refractivity contribution < 1.29 is 23.5 Å². The Kier molecular flexibility index (Phi) is 4.77. The summed E-state index contributed by atoms with van der Waals surface area (Å²) in [5.41, 5.74) is 3.96. The van der Waals surface area contributed by atoms with Gasteiger partial charge in [-0.15, -0.1) is 0 Å². The molecule has 0 bridgehead atoms. The molecule has 0 saturated carbocycles. The fraction of sp³-hybridized carbons (Fsp3) is 0.300. The number of carbonyl (C=O) groups is 3. The lowest BCUT2D eigenvalue weighted by Gasteiger charge is -2.32. The normalized spacial score (nSPS) is 28.1. The average Bonchev–Trinajstić information content (AvgIpc) is 2.98. The van der Waals surface area contributed by atoms with Gasteiger partial charge in [0.2, 0.25) is 5.91 Å². The molecule has 0 aliphatic carbocycles. The number of ether oxygens (including phenoxy) is 1. The maximum Gasteiger partial charge on any atom is 0.329 e. The molecule has 0 radical (unpaired) electrons. The first-order chi connectivity index (χ1) is 13.3. The van der Waals surface area contributed by atoms with E-state index in [-0.39, 0.29) is 11.4 Å². The first-order valence-corrected chi connectivity index (χ1v) is 8.50. The summed E-state index contributed by atoms with van der Waals surface area (Å²) in [4.78, 5) is 38.5. The van der Waals surface area contributed by atoms with Crippen molar-refractivity contribution in [1.29, 1.82) is 5.26 Å². The molecule has 2 aliphatic heterocycles. The number of primary amides is 1. The number of hydrogen-bond acceptors (Lipinski definition) is 6. The smallest absolute Gasteiger partial charge is 0.329 e. The molecule has 2 aliphatic rings. The van der Waals surface area contributed by atoms with Crippen LogP contribution in [-0.2, 0) is 19.1 Å². The summed E-state index contributed by atoms with van der Waals surface area (Å²) in [6.45, 7) is 1.31. The van der Waals surface area contributed by atoms with Gasteiger partial charge in [0.25, 0.3) is 0 Å². The molecule has 2 heterocycles. The highest BCUT2D eigenvalue weighted by atomic mass is 19.1. The lowest BCUT2D eigenvalue weighted by atomic mass is 9.68. The number of benzene rings is 1. The number of esters is 1. The third-order valence-electron chi connectivity index (χ3n) is 5.28. The van der Waals surface area contributed by atoms with Gasteiger partial charge < -0.3 is 15.4 Å². The molecule has 1 fully saturated rings. The Balaban J connectivity index is 2.31. The van der Waals surface area contributed by atoms with Crippen molar-refractivity contribution in [3.63, 3.8) is 0 Å². The SMILES string of the molecule is COC(=O)[C@]1(C#N)[C@H](c2cccc(F)c2)[C@@H](C(C)=O)N2C=C(C(N)=O)C=C[C@H]21. The van der Waals surface area contributed by atoms with Crippen molar-refractivity contribution in [3.8, 4) is 6.07 Å². The third kappa shape index (κ3) is 2.67. The maximum absolute atomic E-state index is 13.9. The molecule has 8 heteroatoms. The van der Waals surface area contributed by atoms with Gasteiger partial charge >= 0.3 is 5.97 Å². The van der Waals surface area contributed by atoms with Gasteiger partial charge in [-0.05, 0) is 30.7 Å². The summed E-state index contributed by atoms with van der Waals surface area (Å²) in [5, 5.41) is 10.1. The van der Waals surface area contributed by atoms with E-state index in [1.54, 1.807) is 6.07 Å². The van der Waals surface area contributed by atoms with Crippen LogP contribution in [0.1, 0.15) is 18.4 Å². The lowest BCUT2D eigenvalue weighted by Crippen LogP contribution is -2.45. The topological polar surface area (TPSA) is 113 Å². The number of nitriles is 1. The number of nitrogens with two attached hydrogens (primary N) is 1. The van der Waals surface area contributed by atoms with Crippen LogP contribution in [0.5, 0.6) is 0 Å². The van der Waals surface area contributed by atoms with Gasteiger partial charge in [-0.25, -0.2) is 4.39 Å². The predicted octanol–water partition coefficient (Wildman–Crippen LogP) is 1.17. The number of hydrogen-bond donors (Lipinski definition) is 1. The van der Waals surface area contributed by atoms with Crippen LogP contribution < -0.4 is 5.73 Å². The Hall–Kier alpha value is -3.47. The van der Waals surface area contributed by atoms with Gasteiger partial charge in [0.15, 0.2) is 11.2 Å². The molecular formula is C20H18FN3O4. The van der Waals surface area contributed by atoms with E-state index in [0.29, 0.717) is 5.56 Å². The summed E-state index contributed by atoms with van der Waals surface area (Å²) < 4.78 is 18.9. The van der Waals surface area contributed by atoms with Crippen LogP contribution in [0.15, 0.2) is 48.2 Å². The van der Waals surface area contributed by atoms with Gasteiger partial charge in [-0.3, -0.25) is 14.4 Å². The average molecular weight is 383 g/mol. The highest BCUT2D eigenvalue weighted by molar-refractivity contribution is 5.96. The van der Waals surface area contributed by atoms with E-state index in [9.17, 15) is 24.0 Å². The van der Waals surface area contributed by atoms with Crippen LogP contribution in [0, 0.1) is 22.6 Å². The number of amides is 1. The van der Waals surface area contributed by atoms with Gasteiger partial charge in [0.1, 0.15) is 5.82 Å². The molecule has 144 valence electrons. The number of halogens is 1. The number of ketones is 1. The van der Waals surface area contributed by atoms with Crippen molar-refractivity contribution in [2.45, 2.75) is 24.9 Å². The van der Waals surface area contributed by atoms with E-state index in [1.165, 1.54) is 48.4 Å². The Labute approximate surface area is 160 Å². The molecule has 2 N–H and O–H groups in total. The van der Waals surface area contributed by atoms with Crippen molar-refractivity contribution >= 4 is 17.7 Å². The fourth-order valence-electron chi connectivity index (χ4n) is 4.16. The molecule has 1 saturated heterocycles. The first kappa shape index (κ1) is 19.3. The summed E-state index contributed by atoms with van der Waals surface area (Å²) >= 11 is 0. The van der Waals surface area contributed by atoms with E-state index in [1.807, 2.05) is 6.07 Å². The number of fused-ring (bicyclic) bond motifs is 1. The highest BCUT2D eigenvalue weighted by Gasteiger charge is 2.66. The molecule has 0 unspecified atom stereocenters. The predicted molar refractivity (Wildman–Crippen MR) is 95.7 cm³/mol. The van der Waals surface area contributed by atoms with Crippen LogP contribution in [-0.4, -0.2) is 41.8 Å². The number of rotatable bonds is 4. The first-order valence-electron chi connectivity index (χ1n) is 8.50. The summed E-state index contributed by atoms with van der Waals surface area (Å²) in [6, 6.07) is 5.57. The Bertz CT molecular complexity index is 964. The quantitative estimate of drug-likeness (QED) is 0.781. The largest absolute Gasteiger partial charge is 0.468 e. The van der Waals surface area contributed by atoms with Crippen LogP contribution in [0.2, 0.25) is 0 Å². The molecular weight excluding hydrogens is 365 g/mol. The molecule has 1 amide bonds. The van der Waals surface area contributed by atoms with Crippen molar-refractivity contribution in [3.05, 3.63) is 59.6 Å². The van der Waals surface area contributed by atoms with Gasteiger partial charge in [0, 0.05) is 12.1 Å². The second kappa shape index (κ2) is 6.93. The number of Topliss-reactive ketones (excluding diaryl/α,β-unsaturated/α-hetero) is 1. The minimum atomic E-state index is -1.82. The van der Waals surface area contributed by atoms with Crippen LogP contribution in [0.25, 0.3) is 0 Å². The second-order valence-electron chi connectivity index (χ2n) is 6.76. The molecule has 7 nitrogen and oxygen atoms in total. The molecule has 4 atom stereocenters. The maximum atomic E-state index is 13.9. The Morgan fingerprint density at radius 1 is 1.36 bits per heavy atom. The fourth-order valence-corrected chi connectivity index (χ4v) is 4.16. The van der Waals surface area contributed by atoms with E-state index in [0.717, 1.165) is 7.11 Å². The zero-order valence-corrected chi connectivity index (χ0v) is 15.3. The summed E-state index contributed by atoms with van der Waals surface area (Å²) in [5.74, 6) is -3.49. The molecule has 3 rings (SSSR count). The Morgan fingerprint density at radius 3 is 2.61 bits per heavy atom. The van der Waals surface area contributed by atoms with E-state index in [4.69, 9.17) is 10.5 Å². The van der Waals surface area contributed by atoms with Crippen LogP contribution >= 0.6 is 0 Å². The van der Waals surface area contributed by atoms with E-state index < -0.39 is 41.1 Å². The van der Waals surface area contributed by atoms with Crippen molar-refractivity contribution in [2.24, 2.45) is 11.1 Å². The van der Waals surface area contributed by atoms with Crippen LogP contribution in [0.3, 0.4) is 0 Å². The zero-order chi connectivity index (χ0) is 20.6. The zero-order valence-electron chi connectivity index (χ0n) is 15.3. The lowest BCUT2D eigenvalue weighted by molar-refractivity contribution is -0.150. The van der Waals surface area contributed by atoms with E-state index >= 15 is 0 Å². The highest BCUT2D eigenvalue weighted by Crippen LogP contribution is 2.53. The number of methoxy groups -OCH3 is 1. The standard InChI is InChI=1S/C20H18FN3O4/c1-11(25)17-16(12-4-3-5-14(21)8-12)20(10-22,19(27)28-2)15-7-6-13(18(23)26)9-24(15)17/h3-9,15-17H,1-2H3,(H2,23,26)/t15-,16+,17+,20-/m0/s1. The summed E-state index contributed by atoms with van der Waals surface area (Å²) in [7, 11) is 1.15. The van der Waals surface area contributed by atoms with Gasteiger partial charge in [-0.1, -0.05) is 18.2 Å². The monoisotopic (exact) mass is 383 g/mol. The second-order valence-corrected chi connectivity index (χ2v) is 6.76. The third-order valence-corrected chi connectivity index (χ3v) is 5.28. The minimum Gasteiger partial charge on any atom is -0.468 e. The molecule has 28 heavy (non-hydrogen) atoms. The molecule has 0 spiro atoms. The van der Waals surface area contributed by atoms with Crippen molar-refractivity contribution in [1.82, 2.24) is 4.90 Å². The minimum absolute atomic E-state index is 0.124. The molecule has 0 aromatic heterocycles. The number of carbonyl (C=O) groups excluding carboxylic acids is 3. The van der Waals surface area contributed by atoms with Crippen molar-refractivity contribution in [2.75, 3.05) is 7.11 Å². The molecule has 1 aromatic rings. The van der Waals surface area contributed by atoms with Gasteiger partial charge in [-0.2, -0.15) is 5.26 Å². The number of nitrogens with zero attached hydrogens (tertiary/aromatic N) is 2.